The van der Waals surface area contributed by atoms with E-state index in [1.165, 1.54) is 0 Å². The topological polar surface area (TPSA) is 73.9 Å². The van der Waals surface area contributed by atoms with E-state index in [0.29, 0.717) is 25.7 Å². The van der Waals surface area contributed by atoms with Gasteiger partial charge in [-0.3, -0.25) is 9.59 Å². The molecular weight excluding hydrogens is 394 g/mol. The fraction of sp³-hybridized carbons (Fsp3) is 0.920. The normalized spacial score (nSPS) is 18.2. The summed E-state index contributed by atoms with van der Waals surface area (Å²) in [4.78, 5) is 24.4. The summed E-state index contributed by atoms with van der Waals surface area (Å²) in [5.74, 6) is -1.67. The van der Waals surface area contributed by atoms with Gasteiger partial charge in [0.05, 0.1) is 19.3 Å². The molecule has 1 saturated heterocycles. The second kappa shape index (κ2) is 14.1. The van der Waals surface area contributed by atoms with E-state index in [-0.39, 0.29) is 11.1 Å². The van der Waals surface area contributed by atoms with Crippen LogP contribution < -0.4 is 5.32 Å². The fourth-order valence-electron chi connectivity index (χ4n) is 4.52. The minimum Gasteiger partial charge on any atom is -0.465 e. The van der Waals surface area contributed by atoms with Crippen molar-refractivity contribution in [3.05, 3.63) is 0 Å². The first-order valence-electron chi connectivity index (χ1n) is 12.3. The van der Waals surface area contributed by atoms with Crippen molar-refractivity contribution in [2.75, 3.05) is 19.8 Å². The number of unbranched alkanes of at least 4 members (excludes halogenated alkanes) is 4. The van der Waals surface area contributed by atoms with E-state index in [9.17, 15) is 9.59 Å². The van der Waals surface area contributed by atoms with Gasteiger partial charge in [-0.25, -0.2) is 0 Å². The van der Waals surface area contributed by atoms with Crippen molar-refractivity contribution in [3.8, 4) is 0 Å². The van der Waals surface area contributed by atoms with Crippen LogP contribution in [0.5, 0.6) is 0 Å². The zero-order valence-electron chi connectivity index (χ0n) is 20.9. The number of carbonyl (C=O) groups excluding carboxylic acids is 2. The van der Waals surface area contributed by atoms with Gasteiger partial charge in [0, 0.05) is 17.7 Å². The Morgan fingerprint density at radius 2 is 1.29 bits per heavy atom. The molecule has 6 nitrogen and oxygen atoms in total. The largest absolute Gasteiger partial charge is 0.465 e. The molecule has 182 valence electrons. The van der Waals surface area contributed by atoms with E-state index >= 15 is 0 Å². The quantitative estimate of drug-likeness (QED) is 0.215. The van der Waals surface area contributed by atoms with Crippen molar-refractivity contribution in [2.24, 2.45) is 5.92 Å². The number of ether oxygens (including phenoxy) is 3. The van der Waals surface area contributed by atoms with Crippen molar-refractivity contribution in [1.82, 2.24) is 5.32 Å². The van der Waals surface area contributed by atoms with Gasteiger partial charge in [0.2, 0.25) is 0 Å². The third-order valence-corrected chi connectivity index (χ3v) is 5.61. The zero-order valence-corrected chi connectivity index (χ0v) is 20.9. The van der Waals surface area contributed by atoms with Crippen molar-refractivity contribution < 1.29 is 23.8 Å². The molecule has 0 aromatic rings. The smallest absolute Gasteiger partial charge is 0.320 e. The molecule has 0 spiro atoms. The zero-order chi connectivity index (χ0) is 23.3. The highest BCUT2D eigenvalue weighted by atomic mass is 16.6. The van der Waals surface area contributed by atoms with E-state index in [1.807, 2.05) is 13.8 Å². The second-order valence-electron chi connectivity index (χ2n) is 10.2. The molecule has 0 aromatic heterocycles. The summed E-state index contributed by atoms with van der Waals surface area (Å²) in [6.07, 6.45) is 9.43. The lowest BCUT2D eigenvalue weighted by molar-refractivity contribution is -0.162. The average molecular weight is 442 g/mol. The molecule has 1 fully saturated rings. The van der Waals surface area contributed by atoms with Crippen LogP contribution in [0.25, 0.3) is 0 Å². The Morgan fingerprint density at radius 1 is 0.806 bits per heavy atom. The van der Waals surface area contributed by atoms with Gasteiger partial charge in [-0.2, -0.15) is 0 Å². The van der Waals surface area contributed by atoms with Crippen LogP contribution in [0.3, 0.4) is 0 Å². The van der Waals surface area contributed by atoms with Gasteiger partial charge in [-0.15, -0.1) is 0 Å². The average Bonchev–Trinajstić information content (AvgIpc) is 2.66. The number of nitrogens with one attached hydrogen (secondary N) is 1. The Kier molecular flexibility index (Phi) is 12.7. The highest BCUT2D eigenvalue weighted by Gasteiger charge is 2.38. The second-order valence-corrected chi connectivity index (χ2v) is 10.2. The predicted molar refractivity (Wildman–Crippen MR) is 124 cm³/mol. The Labute approximate surface area is 190 Å². The Hall–Kier alpha value is -1.14. The lowest BCUT2D eigenvalue weighted by Gasteiger charge is -2.46. The highest BCUT2D eigenvalue weighted by molar-refractivity contribution is 5.94. The summed E-state index contributed by atoms with van der Waals surface area (Å²) in [6.45, 7) is 14.3. The molecule has 0 bridgehead atoms. The monoisotopic (exact) mass is 441 g/mol. The number of hydrogen-bond acceptors (Lipinski definition) is 6. The maximum Gasteiger partial charge on any atom is 0.320 e. The van der Waals surface area contributed by atoms with E-state index in [1.54, 1.807) is 0 Å². The van der Waals surface area contributed by atoms with Crippen molar-refractivity contribution in [3.63, 3.8) is 0 Å². The molecule has 0 aliphatic carbocycles. The molecule has 1 heterocycles. The molecule has 0 unspecified atom stereocenters. The molecule has 0 saturated carbocycles. The number of esters is 2. The first-order chi connectivity index (χ1) is 14.6. The van der Waals surface area contributed by atoms with Crippen LogP contribution in [0.1, 0.15) is 106 Å². The molecule has 1 aliphatic rings. The number of carbonyl (C=O) groups is 2. The molecule has 1 N–H and O–H groups in total. The number of rotatable bonds is 15. The van der Waals surface area contributed by atoms with Gasteiger partial charge in [-0.1, -0.05) is 39.5 Å². The molecule has 1 rings (SSSR count). The summed E-state index contributed by atoms with van der Waals surface area (Å²) in [6, 6.07) is 0. The Morgan fingerprint density at radius 3 is 1.81 bits per heavy atom. The molecule has 0 aromatic carbocycles. The van der Waals surface area contributed by atoms with Gasteiger partial charge >= 0.3 is 11.9 Å². The maximum atomic E-state index is 12.2. The number of piperidine rings is 1. The molecule has 1 aliphatic heterocycles. The summed E-state index contributed by atoms with van der Waals surface area (Å²) in [7, 11) is 0. The molecule has 6 heteroatoms. The minimum absolute atomic E-state index is 0.111. The molecule has 0 radical (unpaired) electrons. The van der Waals surface area contributed by atoms with Crippen molar-refractivity contribution in [1.29, 1.82) is 0 Å². The lowest BCUT2D eigenvalue weighted by atomic mass is 9.81. The highest BCUT2D eigenvalue weighted by Crippen LogP contribution is 2.30. The predicted octanol–water partition coefficient (Wildman–Crippen LogP) is 5.18. The first-order valence-corrected chi connectivity index (χ1v) is 12.3. The van der Waals surface area contributed by atoms with E-state index in [0.717, 1.165) is 64.4 Å². The van der Waals surface area contributed by atoms with E-state index in [2.05, 4.69) is 33.0 Å². The lowest BCUT2D eigenvalue weighted by Crippen LogP contribution is -2.59. The van der Waals surface area contributed by atoms with Crippen LogP contribution >= 0.6 is 0 Å². The van der Waals surface area contributed by atoms with Gasteiger partial charge < -0.3 is 19.5 Å². The van der Waals surface area contributed by atoms with Crippen LogP contribution in [0.2, 0.25) is 0 Å². The molecular formula is C25H47NO5. The third kappa shape index (κ3) is 11.9. The van der Waals surface area contributed by atoms with Crippen molar-refractivity contribution in [2.45, 2.75) is 123 Å². The minimum atomic E-state index is -0.784. The summed E-state index contributed by atoms with van der Waals surface area (Å²) >= 11 is 0. The SMILES string of the molecule is CCCOC(=O)C(CCCCCCCOC1CC(C)(C)NC(C)(C)C1)C(=O)OCCC. The van der Waals surface area contributed by atoms with Crippen LogP contribution in [0.15, 0.2) is 0 Å². The summed E-state index contributed by atoms with van der Waals surface area (Å²) in [5, 5.41) is 3.69. The van der Waals surface area contributed by atoms with Crippen LogP contribution in [-0.4, -0.2) is 48.9 Å². The Balaban J connectivity index is 2.23. The Bertz CT molecular complexity index is 496. The van der Waals surface area contributed by atoms with Gasteiger partial charge in [0.25, 0.3) is 0 Å². The molecule has 0 atom stereocenters. The summed E-state index contributed by atoms with van der Waals surface area (Å²) < 4.78 is 16.6. The van der Waals surface area contributed by atoms with E-state index < -0.39 is 17.9 Å². The van der Waals surface area contributed by atoms with Crippen LogP contribution in [-0.2, 0) is 23.8 Å². The summed E-state index contributed by atoms with van der Waals surface area (Å²) in [5.41, 5.74) is 0.221. The van der Waals surface area contributed by atoms with Crippen LogP contribution in [0, 0.1) is 5.92 Å². The standard InChI is InChI=1S/C25H47NO5/c1-7-15-30-22(27)21(23(28)31-16-8-2)14-12-10-9-11-13-17-29-20-18-24(3,4)26-25(5,6)19-20/h20-21,26H,7-19H2,1-6H3. The van der Waals surface area contributed by atoms with Crippen LogP contribution in [0.4, 0.5) is 0 Å². The molecule has 0 amide bonds. The maximum absolute atomic E-state index is 12.2. The fourth-order valence-corrected chi connectivity index (χ4v) is 4.52. The third-order valence-electron chi connectivity index (χ3n) is 5.61. The van der Waals surface area contributed by atoms with Gasteiger partial charge in [-0.05, 0) is 66.2 Å². The van der Waals surface area contributed by atoms with E-state index in [4.69, 9.17) is 14.2 Å². The first kappa shape index (κ1) is 27.9. The molecule has 31 heavy (non-hydrogen) atoms. The van der Waals surface area contributed by atoms with Crippen molar-refractivity contribution >= 4 is 11.9 Å². The number of hydrogen-bond donors (Lipinski definition) is 1. The van der Waals surface area contributed by atoms with Gasteiger partial charge in [0.15, 0.2) is 5.92 Å². The van der Waals surface area contributed by atoms with Gasteiger partial charge in [0.1, 0.15) is 0 Å².